The van der Waals surface area contributed by atoms with Crippen molar-refractivity contribution in [2.75, 3.05) is 7.11 Å². The molecule has 0 aromatic carbocycles. The second kappa shape index (κ2) is 4.90. The fourth-order valence-corrected chi connectivity index (χ4v) is 1.85. The molecule has 1 unspecified atom stereocenters. The van der Waals surface area contributed by atoms with Crippen molar-refractivity contribution in [1.82, 2.24) is 0 Å². The third-order valence-corrected chi connectivity index (χ3v) is 2.73. The van der Waals surface area contributed by atoms with Crippen LogP contribution in [0.1, 0.15) is 23.8 Å². The Morgan fingerprint density at radius 1 is 1.77 bits per heavy atom. The highest BCUT2D eigenvalue weighted by Crippen LogP contribution is 2.28. The van der Waals surface area contributed by atoms with Gasteiger partial charge < -0.3 is 9.84 Å². The summed E-state index contributed by atoms with van der Waals surface area (Å²) in [6.07, 6.45) is 5.86. The molecule has 3 heteroatoms. The Kier molecular flexibility index (Phi) is 3.81. The fourth-order valence-electron chi connectivity index (χ4n) is 0.978. The van der Waals surface area contributed by atoms with E-state index in [4.69, 9.17) is 11.2 Å². The Labute approximate surface area is 82.2 Å². The van der Waals surface area contributed by atoms with Gasteiger partial charge in [0.05, 0.1) is 13.2 Å². The summed E-state index contributed by atoms with van der Waals surface area (Å²) in [7, 11) is 1.61. The number of thiophene rings is 1. The molecule has 1 atom stereocenters. The van der Waals surface area contributed by atoms with E-state index in [0.29, 0.717) is 12.8 Å². The maximum Gasteiger partial charge on any atom is 0.129 e. The number of methoxy groups -OCH3 is 1. The minimum Gasteiger partial charge on any atom is -0.496 e. The van der Waals surface area contributed by atoms with Crippen LogP contribution in [0.25, 0.3) is 0 Å². The molecule has 2 nitrogen and oxygen atoms in total. The highest BCUT2D eigenvalue weighted by molar-refractivity contribution is 7.10. The number of hydrogen-bond donors (Lipinski definition) is 1. The molecule has 1 N–H and O–H groups in total. The van der Waals surface area contributed by atoms with Crippen LogP contribution in [0.15, 0.2) is 11.4 Å². The molecule has 0 aliphatic carbocycles. The van der Waals surface area contributed by atoms with Gasteiger partial charge in [-0.15, -0.1) is 23.7 Å². The molecule has 0 saturated carbocycles. The number of aliphatic hydroxyl groups excluding tert-OH is 1. The summed E-state index contributed by atoms with van der Waals surface area (Å²) in [5, 5.41) is 11.5. The van der Waals surface area contributed by atoms with E-state index in [1.165, 1.54) is 11.3 Å². The smallest absolute Gasteiger partial charge is 0.129 e. The lowest BCUT2D eigenvalue weighted by atomic mass is 10.2. The zero-order chi connectivity index (χ0) is 9.68. The number of hydrogen-bond acceptors (Lipinski definition) is 3. The lowest BCUT2D eigenvalue weighted by Crippen LogP contribution is -1.93. The van der Waals surface area contributed by atoms with E-state index in [1.54, 1.807) is 7.11 Å². The molecule has 1 heterocycles. The van der Waals surface area contributed by atoms with Gasteiger partial charge in [0.2, 0.25) is 0 Å². The van der Waals surface area contributed by atoms with Crippen LogP contribution in [0.5, 0.6) is 5.75 Å². The first kappa shape index (κ1) is 10.1. The molecule has 0 radical (unpaired) electrons. The third-order valence-electron chi connectivity index (χ3n) is 1.72. The standard InChI is InChI=1S/C10H12O2S/c1-3-4-5-9(11)10-6-8(12-2)7-13-10/h1,6-7,9,11H,4-5H2,2H3. The zero-order valence-corrected chi connectivity index (χ0v) is 8.30. The molecule has 0 aliphatic heterocycles. The summed E-state index contributed by atoms with van der Waals surface area (Å²) in [4.78, 5) is 0.909. The molecule has 0 bridgehead atoms. The van der Waals surface area contributed by atoms with Gasteiger partial charge in [0.25, 0.3) is 0 Å². The number of rotatable bonds is 4. The van der Waals surface area contributed by atoms with E-state index < -0.39 is 6.10 Å². The average molecular weight is 196 g/mol. The number of ether oxygens (including phenoxy) is 1. The van der Waals surface area contributed by atoms with Crippen LogP contribution >= 0.6 is 11.3 Å². The monoisotopic (exact) mass is 196 g/mol. The van der Waals surface area contributed by atoms with Gasteiger partial charge in [-0.05, 0) is 12.5 Å². The first-order chi connectivity index (χ1) is 6.27. The van der Waals surface area contributed by atoms with Gasteiger partial charge in [0.1, 0.15) is 5.75 Å². The van der Waals surface area contributed by atoms with Gasteiger partial charge in [0.15, 0.2) is 0 Å². The van der Waals surface area contributed by atoms with Gasteiger partial charge in [-0.25, -0.2) is 0 Å². The summed E-state index contributed by atoms with van der Waals surface area (Å²) >= 11 is 1.49. The largest absolute Gasteiger partial charge is 0.496 e. The normalized spacial score (nSPS) is 12.1. The minimum absolute atomic E-state index is 0.454. The van der Waals surface area contributed by atoms with E-state index in [-0.39, 0.29) is 0 Å². The van der Waals surface area contributed by atoms with Crippen LogP contribution < -0.4 is 4.74 Å². The van der Waals surface area contributed by atoms with Crippen LogP contribution in [-0.2, 0) is 0 Å². The van der Waals surface area contributed by atoms with Gasteiger partial charge in [-0.2, -0.15) is 0 Å². The maximum absolute atomic E-state index is 9.62. The van der Waals surface area contributed by atoms with Crippen molar-refractivity contribution in [1.29, 1.82) is 0 Å². The van der Waals surface area contributed by atoms with Crippen LogP contribution in [-0.4, -0.2) is 12.2 Å². The Hall–Kier alpha value is -0.980. The van der Waals surface area contributed by atoms with Gasteiger partial charge in [-0.3, -0.25) is 0 Å². The predicted molar refractivity (Wildman–Crippen MR) is 53.9 cm³/mol. The van der Waals surface area contributed by atoms with E-state index in [9.17, 15) is 5.11 Å². The van der Waals surface area contributed by atoms with Crippen molar-refractivity contribution in [2.45, 2.75) is 18.9 Å². The molecule has 70 valence electrons. The molecule has 1 rings (SSSR count). The van der Waals surface area contributed by atoms with Gasteiger partial charge in [0, 0.05) is 16.7 Å². The minimum atomic E-state index is -0.454. The van der Waals surface area contributed by atoms with Crippen molar-refractivity contribution in [3.8, 4) is 18.1 Å². The van der Waals surface area contributed by atoms with E-state index in [1.807, 2.05) is 11.4 Å². The van der Waals surface area contributed by atoms with Gasteiger partial charge in [-0.1, -0.05) is 0 Å². The molecular formula is C10H12O2S. The number of terminal acetylenes is 1. The Morgan fingerprint density at radius 3 is 3.08 bits per heavy atom. The van der Waals surface area contributed by atoms with E-state index in [0.717, 1.165) is 10.6 Å². The molecule has 13 heavy (non-hydrogen) atoms. The molecule has 1 aromatic heterocycles. The first-order valence-electron chi connectivity index (χ1n) is 4.02. The average Bonchev–Trinajstić information content (AvgIpc) is 2.62. The zero-order valence-electron chi connectivity index (χ0n) is 7.49. The first-order valence-corrected chi connectivity index (χ1v) is 4.90. The van der Waals surface area contributed by atoms with Crippen LogP contribution in [0.2, 0.25) is 0 Å². The van der Waals surface area contributed by atoms with Crippen molar-refractivity contribution in [2.24, 2.45) is 0 Å². The van der Waals surface area contributed by atoms with E-state index in [2.05, 4.69) is 5.92 Å². The highest BCUT2D eigenvalue weighted by Gasteiger charge is 2.09. The summed E-state index contributed by atoms with van der Waals surface area (Å²) in [6, 6.07) is 1.84. The fraction of sp³-hybridized carbons (Fsp3) is 0.400. The van der Waals surface area contributed by atoms with Crippen molar-refractivity contribution >= 4 is 11.3 Å². The molecule has 0 saturated heterocycles. The molecule has 0 amide bonds. The predicted octanol–water partition coefficient (Wildman–Crippen LogP) is 2.20. The van der Waals surface area contributed by atoms with Crippen LogP contribution in [0.4, 0.5) is 0 Å². The van der Waals surface area contributed by atoms with E-state index >= 15 is 0 Å². The Bertz CT molecular complexity index is 298. The molecule has 0 aliphatic rings. The summed E-state index contributed by atoms with van der Waals surface area (Å²) < 4.78 is 5.01. The van der Waals surface area contributed by atoms with Crippen molar-refractivity contribution < 1.29 is 9.84 Å². The quantitative estimate of drug-likeness (QED) is 0.748. The summed E-state index contributed by atoms with van der Waals surface area (Å²) in [5.74, 6) is 3.29. The summed E-state index contributed by atoms with van der Waals surface area (Å²) in [5.41, 5.74) is 0. The maximum atomic E-state index is 9.62. The van der Waals surface area contributed by atoms with Crippen LogP contribution in [0.3, 0.4) is 0 Å². The molecular weight excluding hydrogens is 184 g/mol. The van der Waals surface area contributed by atoms with Crippen molar-refractivity contribution in [3.63, 3.8) is 0 Å². The van der Waals surface area contributed by atoms with Crippen LogP contribution in [0, 0.1) is 12.3 Å². The topological polar surface area (TPSA) is 29.5 Å². The summed E-state index contributed by atoms with van der Waals surface area (Å²) in [6.45, 7) is 0. The SMILES string of the molecule is C#CCCC(O)c1cc(OC)cs1. The lowest BCUT2D eigenvalue weighted by Gasteiger charge is -2.04. The third kappa shape index (κ3) is 2.76. The van der Waals surface area contributed by atoms with Gasteiger partial charge >= 0.3 is 0 Å². The number of aliphatic hydroxyl groups is 1. The Balaban J connectivity index is 2.56. The molecule has 0 fully saturated rings. The second-order valence-electron chi connectivity index (χ2n) is 2.65. The van der Waals surface area contributed by atoms with Crippen molar-refractivity contribution in [3.05, 3.63) is 16.3 Å². The second-order valence-corrected chi connectivity index (χ2v) is 3.59. The molecule has 0 spiro atoms. The lowest BCUT2D eigenvalue weighted by molar-refractivity contribution is 0.173. The highest BCUT2D eigenvalue weighted by atomic mass is 32.1. The Morgan fingerprint density at radius 2 is 2.54 bits per heavy atom. The molecule has 1 aromatic rings.